The molecule has 0 unspecified atom stereocenters. The largest absolute Gasteiger partial charge is 0.400 e. The van der Waals surface area contributed by atoms with Crippen molar-refractivity contribution in [1.29, 1.82) is 0 Å². The van der Waals surface area contributed by atoms with Crippen LogP contribution in [0, 0.1) is 0 Å². The molecule has 5 heteroatoms. The summed E-state index contributed by atoms with van der Waals surface area (Å²) in [7, 11) is 0. The number of benzene rings is 3. The Balaban J connectivity index is 1.80. The van der Waals surface area contributed by atoms with Crippen LogP contribution in [-0.4, -0.2) is 11.9 Å². The van der Waals surface area contributed by atoms with Gasteiger partial charge in [-0.15, -0.1) is 10.0 Å². The van der Waals surface area contributed by atoms with Gasteiger partial charge in [0.15, 0.2) is 0 Å². The van der Waals surface area contributed by atoms with E-state index in [2.05, 4.69) is 10.5 Å². The zero-order valence-electron chi connectivity index (χ0n) is 13.5. The van der Waals surface area contributed by atoms with Crippen molar-refractivity contribution in [1.82, 2.24) is 5.43 Å². The van der Waals surface area contributed by atoms with Crippen LogP contribution in [0.1, 0.15) is 5.56 Å². The van der Waals surface area contributed by atoms with Gasteiger partial charge in [0.05, 0.1) is 16.9 Å². The highest BCUT2D eigenvalue weighted by molar-refractivity contribution is 6.08. The first-order valence-electron chi connectivity index (χ1n) is 8.03. The molecule has 0 bridgehead atoms. The van der Waals surface area contributed by atoms with Gasteiger partial charge in [0.25, 0.3) is 0 Å². The quantitative estimate of drug-likeness (QED) is 0.773. The zero-order valence-corrected chi connectivity index (χ0v) is 13.5. The number of carbonyl (C=O) groups excluding carboxylic acids is 1. The predicted molar refractivity (Wildman–Crippen MR) is 97.9 cm³/mol. The van der Waals surface area contributed by atoms with Crippen molar-refractivity contribution in [3.63, 3.8) is 0 Å². The number of urea groups is 1. The molecule has 3 aromatic rings. The summed E-state index contributed by atoms with van der Waals surface area (Å²) < 4.78 is 0. The number of carbonyl (C=O) groups is 1. The summed E-state index contributed by atoms with van der Waals surface area (Å²) in [5.74, 6) is 0.730. The van der Waals surface area contributed by atoms with Crippen molar-refractivity contribution >= 4 is 23.2 Å². The first kappa shape index (κ1) is 15.0. The Morgan fingerprint density at radius 3 is 1.80 bits per heavy atom. The van der Waals surface area contributed by atoms with Gasteiger partial charge in [-0.1, -0.05) is 54.6 Å². The number of nitrogens with zero attached hydrogens (tertiary/aromatic N) is 2. The Morgan fingerprint density at radius 2 is 1.20 bits per heavy atom. The molecule has 0 saturated heterocycles. The van der Waals surface area contributed by atoms with Crippen molar-refractivity contribution < 1.29 is 9.90 Å². The summed E-state index contributed by atoms with van der Waals surface area (Å²) in [5, 5.41) is 6.25. The van der Waals surface area contributed by atoms with E-state index in [9.17, 15) is 4.79 Å². The normalized spacial score (nSPS) is 14.1. The minimum atomic E-state index is -0.211. The van der Waals surface area contributed by atoms with E-state index in [0.29, 0.717) is 0 Å². The lowest BCUT2D eigenvalue weighted by atomic mass is 10.2. The molecule has 0 aliphatic carbocycles. The van der Waals surface area contributed by atoms with E-state index < -0.39 is 0 Å². The van der Waals surface area contributed by atoms with Gasteiger partial charge in [0.2, 0.25) is 0 Å². The molecule has 1 aliphatic rings. The Bertz CT molecular complexity index is 895. The van der Waals surface area contributed by atoms with Gasteiger partial charge in [-0.2, -0.15) is 10.5 Å². The average Bonchev–Trinajstić information content (AvgIpc) is 2.70. The maximum atomic E-state index is 13.0. The molecule has 25 heavy (non-hydrogen) atoms. The molecular weight excluding hydrogens is 312 g/mol. The van der Waals surface area contributed by atoms with Gasteiger partial charge in [-0.3, -0.25) is 0 Å². The van der Waals surface area contributed by atoms with Crippen molar-refractivity contribution in [2.24, 2.45) is 0 Å². The second-order valence-corrected chi connectivity index (χ2v) is 5.59. The number of hydrogen-bond donors (Lipinski definition) is 2. The molecule has 3 aromatic carbocycles. The van der Waals surface area contributed by atoms with Crippen LogP contribution >= 0.6 is 0 Å². The van der Waals surface area contributed by atoms with Crippen molar-refractivity contribution in [2.45, 2.75) is 0 Å². The fourth-order valence-electron chi connectivity index (χ4n) is 2.68. The maximum absolute atomic E-state index is 13.0. The molecule has 4 rings (SSSR count). The topological polar surface area (TPSA) is 49.6 Å². The van der Waals surface area contributed by atoms with E-state index in [1.807, 2.05) is 91.0 Å². The fourth-order valence-corrected chi connectivity index (χ4v) is 2.68. The summed E-state index contributed by atoms with van der Waals surface area (Å²) in [6, 6.07) is 28.7. The molecule has 5 nitrogen and oxygen atoms in total. The molecule has 122 valence electrons. The first-order valence-corrected chi connectivity index (χ1v) is 8.03. The number of hydrazine groups is 2. The predicted octanol–water partition coefficient (Wildman–Crippen LogP) is 2.08. The summed E-state index contributed by atoms with van der Waals surface area (Å²) in [4.78, 5) is 13.0. The summed E-state index contributed by atoms with van der Waals surface area (Å²) in [5.41, 5.74) is 5.67. The fraction of sp³-hybridized carbons (Fsp3) is 0. The third-order valence-electron chi connectivity index (χ3n) is 3.92. The molecule has 1 heterocycles. The molecule has 0 saturated carbocycles. The van der Waals surface area contributed by atoms with Gasteiger partial charge < -0.3 is 0 Å². The van der Waals surface area contributed by atoms with Crippen LogP contribution in [0.2, 0.25) is 0 Å². The number of rotatable bonds is 3. The molecule has 0 fully saturated rings. The zero-order chi connectivity index (χ0) is 17.1. The van der Waals surface area contributed by atoms with Crippen molar-refractivity contribution in [2.75, 3.05) is 10.0 Å². The highest BCUT2D eigenvalue weighted by atomic mass is 16.2. The molecule has 2 amide bonds. The molecule has 2 N–H and O–H groups in total. The second kappa shape index (κ2) is 6.49. The van der Waals surface area contributed by atoms with Crippen LogP contribution in [0.15, 0.2) is 91.0 Å². The summed E-state index contributed by atoms with van der Waals surface area (Å²) in [6.45, 7) is 0. The molecular formula is C20H17N4O+. The minimum Gasteiger partial charge on any atom is -0.240 e. The Kier molecular flexibility index (Phi) is 3.88. The Hall–Kier alpha value is -3.60. The van der Waals surface area contributed by atoms with Gasteiger partial charge in [-0.05, 0) is 36.4 Å². The minimum absolute atomic E-state index is 0.211. The number of hydrazone groups is 1. The average molecular weight is 329 g/mol. The number of amidine groups is 1. The van der Waals surface area contributed by atoms with Crippen molar-refractivity contribution in [3.05, 3.63) is 96.6 Å². The first-order chi connectivity index (χ1) is 12.3. The lowest BCUT2D eigenvalue weighted by molar-refractivity contribution is -0.463. The molecule has 1 aliphatic heterocycles. The van der Waals surface area contributed by atoms with Gasteiger partial charge >= 0.3 is 11.9 Å². The number of nitrogens with one attached hydrogen (secondary N) is 2. The Morgan fingerprint density at radius 1 is 0.680 bits per heavy atom. The molecule has 0 aromatic heterocycles. The van der Waals surface area contributed by atoms with E-state index >= 15 is 0 Å². The van der Waals surface area contributed by atoms with Crippen LogP contribution in [0.3, 0.4) is 0 Å². The number of hydrogen-bond acceptors (Lipinski definition) is 2. The monoisotopic (exact) mass is 329 g/mol. The van der Waals surface area contributed by atoms with Crippen LogP contribution in [0.4, 0.5) is 16.2 Å². The van der Waals surface area contributed by atoms with Crippen LogP contribution in [0.25, 0.3) is 0 Å². The van der Waals surface area contributed by atoms with E-state index in [1.165, 1.54) is 10.0 Å². The smallest absolute Gasteiger partial charge is 0.240 e. The lowest BCUT2D eigenvalue weighted by Gasteiger charge is -2.28. The Labute approximate surface area is 145 Å². The summed E-state index contributed by atoms with van der Waals surface area (Å²) in [6.07, 6.45) is 0. The third-order valence-corrected chi connectivity index (χ3v) is 3.92. The SMILES string of the molecule is O=C1N(c2ccccc2)NC(c2ccccc2)=[NH+]N1c1ccccc1. The number of amides is 2. The van der Waals surface area contributed by atoms with Gasteiger partial charge in [-0.25, -0.2) is 4.79 Å². The number of anilines is 2. The van der Waals surface area contributed by atoms with Gasteiger partial charge in [0, 0.05) is 0 Å². The highest BCUT2D eigenvalue weighted by Gasteiger charge is 2.35. The van der Waals surface area contributed by atoms with Gasteiger partial charge in [0.1, 0.15) is 0 Å². The van der Waals surface area contributed by atoms with Crippen molar-refractivity contribution in [3.8, 4) is 0 Å². The van der Waals surface area contributed by atoms with Crippen LogP contribution < -0.4 is 20.5 Å². The van der Waals surface area contributed by atoms with Crippen LogP contribution in [0.5, 0.6) is 0 Å². The van der Waals surface area contributed by atoms with E-state index in [4.69, 9.17) is 0 Å². The molecule has 0 radical (unpaired) electrons. The molecule has 0 atom stereocenters. The van der Waals surface area contributed by atoms with E-state index in [0.717, 1.165) is 22.8 Å². The summed E-state index contributed by atoms with van der Waals surface area (Å²) >= 11 is 0. The number of para-hydroxylation sites is 2. The van der Waals surface area contributed by atoms with E-state index in [-0.39, 0.29) is 6.03 Å². The van der Waals surface area contributed by atoms with Crippen LogP contribution in [-0.2, 0) is 0 Å². The highest BCUT2D eigenvalue weighted by Crippen LogP contribution is 2.17. The standard InChI is InChI=1S/C20H16N4O/c25-20-23(17-12-6-2-7-13-17)21-19(16-10-4-1-5-11-16)22-24(20)18-14-8-3-9-15-18/h1-15H,(H,21,22)/p+1. The second-order valence-electron chi connectivity index (χ2n) is 5.59. The molecule has 0 spiro atoms. The van der Waals surface area contributed by atoms with E-state index in [1.54, 1.807) is 0 Å². The maximum Gasteiger partial charge on any atom is 0.400 e. The lowest BCUT2D eigenvalue weighted by Crippen LogP contribution is -2.94. The third kappa shape index (κ3) is 2.95.